The highest BCUT2D eigenvalue weighted by Gasteiger charge is 2.50. The van der Waals surface area contributed by atoms with Gasteiger partial charge in [0.1, 0.15) is 22.4 Å². The first kappa shape index (κ1) is 13.3. The largest absolute Gasteiger partial charge is 0.480 e. The van der Waals surface area contributed by atoms with Gasteiger partial charge in [-0.05, 0) is 25.8 Å². The summed E-state index contributed by atoms with van der Waals surface area (Å²) in [6, 6.07) is 0. The molecule has 3 N–H and O–H groups in total. The third-order valence-electron chi connectivity index (χ3n) is 3.73. The second-order valence-electron chi connectivity index (χ2n) is 4.87. The zero-order valence-electron chi connectivity index (χ0n) is 11.0. The van der Waals surface area contributed by atoms with Crippen LogP contribution in [0.15, 0.2) is 17.7 Å². The van der Waals surface area contributed by atoms with Crippen LogP contribution in [0.1, 0.15) is 12.8 Å². The molecule has 8 heteroatoms. The fraction of sp³-hybridized carbons (Fsp3) is 0.500. The van der Waals surface area contributed by atoms with Gasteiger partial charge in [-0.3, -0.25) is 4.79 Å². The van der Waals surface area contributed by atoms with Gasteiger partial charge in [-0.15, -0.1) is 11.8 Å². The van der Waals surface area contributed by atoms with Crippen molar-refractivity contribution in [3.8, 4) is 0 Å². The van der Waals surface area contributed by atoms with Crippen LogP contribution < -0.4 is 5.32 Å². The third-order valence-corrected chi connectivity index (χ3v) is 4.91. The molecule has 20 heavy (non-hydrogen) atoms. The number of carbonyl (C=O) groups is 1. The maximum Gasteiger partial charge on any atom is 0.325 e. The first-order chi connectivity index (χ1) is 9.67. The Bertz CT molecular complexity index is 642. The van der Waals surface area contributed by atoms with Crippen LogP contribution in [0.25, 0.3) is 11.2 Å². The van der Waals surface area contributed by atoms with E-state index in [1.807, 2.05) is 0 Å². The number of carboxylic acid groups (broad SMARTS) is 1. The lowest BCUT2D eigenvalue weighted by molar-refractivity contribution is -0.144. The molecule has 106 valence electrons. The molecule has 1 aliphatic rings. The molecule has 7 nitrogen and oxygen atoms in total. The van der Waals surface area contributed by atoms with Crippen LogP contribution in [-0.4, -0.2) is 49.4 Å². The average Bonchev–Trinajstić information content (AvgIpc) is 3.17. The van der Waals surface area contributed by atoms with Crippen molar-refractivity contribution >= 4 is 28.9 Å². The fourth-order valence-corrected chi connectivity index (χ4v) is 3.63. The number of fused-ring (bicyclic) bond motifs is 1. The number of imidazole rings is 1. The second-order valence-corrected chi connectivity index (χ2v) is 5.83. The summed E-state index contributed by atoms with van der Waals surface area (Å²) in [6.45, 7) is 0. The van der Waals surface area contributed by atoms with Crippen molar-refractivity contribution in [1.29, 1.82) is 0 Å². The quantitative estimate of drug-likeness (QED) is 0.537. The van der Waals surface area contributed by atoms with Crippen LogP contribution in [0.4, 0.5) is 0 Å². The topological polar surface area (TPSA) is 104 Å². The number of likely N-dealkylation sites (N-methyl/N-ethyl adjacent to an activating group) is 1. The molecule has 1 saturated carbocycles. The van der Waals surface area contributed by atoms with E-state index in [1.165, 1.54) is 18.1 Å². The molecule has 0 aromatic carbocycles. The van der Waals surface area contributed by atoms with Gasteiger partial charge in [-0.2, -0.15) is 0 Å². The standard InChI is InChI=1S/C12H15N5O2S/c1-13-12(11(18)19,7-2-3-7)4-20-10-8-9(15-5-14-8)16-6-17-10/h5-7,13H,2-4H2,1H3,(H,18,19)(H,14,15,16,17). The molecule has 0 aliphatic heterocycles. The molecular formula is C12H15N5O2S. The van der Waals surface area contributed by atoms with Crippen LogP contribution in [0, 0.1) is 5.92 Å². The average molecular weight is 293 g/mol. The van der Waals surface area contributed by atoms with E-state index in [1.54, 1.807) is 13.4 Å². The maximum absolute atomic E-state index is 11.6. The Morgan fingerprint density at radius 1 is 1.55 bits per heavy atom. The molecule has 0 saturated heterocycles. The number of aromatic nitrogens is 4. The van der Waals surface area contributed by atoms with E-state index in [2.05, 4.69) is 25.3 Å². The monoisotopic (exact) mass is 293 g/mol. The number of aromatic amines is 1. The van der Waals surface area contributed by atoms with E-state index in [0.29, 0.717) is 11.4 Å². The first-order valence-electron chi connectivity index (χ1n) is 6.36. The number of thioether (sulfide) groups is 1. The lowest BCUT2D eigenvalue weighted by Gasteiger charge is -2.28. The van der Waals surface area contributed by atoms with Crippen molar-refractivity contribution in [1.82, 2.24) is 25.3 Å². The molecule has 2 heterocycles. The Hall–Kier alpha value is -1.67. The van der Waals surface area contributed by atoms with Crippen LogP contribution in [-0.2, 0) is 4.79 Å². The van der Waals surface area contributed by atoms with Crippen molar-refractivity contribution in [3.05, 3.63) is 12.7 Å². The van der Waals surface area contributed by atoms with Gasteiger partial charge in [0.2, 0.25) is 0 Å². The number of nitrogens with zero attached hydrogens (tertiary/aromatic N) is 3. The van der Waals surface area contributed by atoms with Crippen LogP contribution in [0.5, 0.6) is 0 Å². The molecule has 0 spiro atoms. The third kappa shape index (κ3) is 2.14. The molecule has 1 atom stereocenters. The Labute approximate surface area is 119 Å². The van der Waals surface area contributed by atoms with E-state index in [0.717, 1.165) is 23.4 Å². The minimum atomic E-state index is -0.887. The fourth-order valence-electron chi connectivity index (χ4n) is 2.35. The predicted molar refractivity (Wildman–Crippen MR) is 74.6 cm³/mol. The normalized spacial score (nSPS) is 18.1. The Morgan fingerprint density at radius 2 is 2.35 bits per heavy atom. The molecule has 1 aliphatic carbocycles. The molecular weight excluding hydrogens is 278 g/mol. The van der Waals surface area contributed by atoms with Crippen LogP contribution in [0.2, 0.25) is 0 Å². The van der Waals surface area contributed by atoms with E-state index in [4.69, 9.17) is 0 Å². The Morgan fingerprint density at radius 3 is 3.00 bits per heavy atom. The van der Waals surface area contributed by atoms with Gasteiger partial charge < -0.3 is 15.4 Å². The van der Waals surface area contributed by atoms with Crippen molar-refractivity contribution < 1.29 is 9.90 Å². The molecule has 0 amide bonds. The predicted octanol–water partition coefficient (Wildman–Crippen LogP) is 0.898. The van der Waals surface area contributed by atoms with Gasteiger partial charge in [0.05, 0.1) is 6.33 Å². The summed E-state index contributed by atoms with van der Waals surface area (Å²) in [5.74, 6) is -0.184. The van der Waals surface area contributed by atoms with Crippen molar-refractivity contribution in [2.75, 3.05) is 12.8 Å². The minimum absolute atomic E-state index is 0.191. The van der Waals surface area contributed by atoms with Crippen LogP contribution in [0.3, 0.4) is 0 Å². The summed E-state index contributed by atoms with van der Waals surface area (Å²) in [5.41, 5.74) is 0.463. The van der Waals surface area contributed by atoms with Gasteiger partial charge in [0.15, 0.2) is 5.65 Å². The molecule has 2 aromatic heterocycles. The highest BCUT2D eigenvalue weighted by Crippen LogP contribution is 2.42. The van der Waals surface area contributed by atoms with E-state index < -0.39 is 11.5 Å². The number of carboxylic acids is 1. The smallest absolute Gasteiger partial charge is 0.325 e. The maximum atomic E-state index is 11.6. The zero-order chi connectivity index (χ0) is 14.2. The minimum Gasteiger partial charge on any atom is -0.480 e. The van der Waals surface area contributed by atoms with E-state index in [9.17, 15) is 9.90 Å². The molecule has 0 radical (unpaired) electrons. The molecule has 1 unspecified atom stereocenters. The lowest BCUT2D eigenvalue weighted by Crippen LogP contribution is -2.54. The van der Waals surface area contributed by atoms with Crippen molar-refractivity contribution in [2.24, 2.45) is 5.92 Å². The van der Waals surface area contributed by atoms with Gasteiger partial charge >= 0.3 is 5.97 Å². The number of hydrogen-bond acceptors (Lipinski definition) is 6. The number of H-pyrrole nitrogens is 1. The summed E-state index contributed by atoms with van der Waals surface area (Å²) in [5, 5.41) is 13.3. The highest BCUT2D eigenvalue weighted by atomic mass is 32.2. The van der Waals surface area contributed by atoms with E-state index >= 15 is 0 Å². The Kier molecular flexibility index (Phi) is 3.35. The number of nitrogens with one attached hydrogen (secondary N) is 2. The summed E-state index contributed by atoms with van der Waals surface area (Å²) >= 11 is 1.42. The van der Waals surface area contributed by atoms with E-state index in [-0.39, 0.29) is 5.92 Å². The SMILES string of the molecule is CNC(CSc1ncnc2nc[nH]c12)(C(=O)O)C1CC1. The van der Waals surface area contributed by atoms with Gasteiger partial charge in [-0.1, -0.05) is 0 Å². The second kappa shape index (κ2) is 5.02. The van der Waals surface area contributed by atoms with Crippen LogP contribution >= 0.6 is 11.8 Å². The summed E-state index contributed by atoms with van der Waals surface area (Å²) < 4.78 is 0. The molecule has 3 rings (SSSR count). The van der Waals surface area contributed by atoms with Crippen molar-refractivity contribution in [2.45, 2.75) is 23.4 Å². The molecule has 2 aromatic rings. The summed E-state index contributed by atoms with van der Waals surface area (Å²) in [7, 11) is 1.71. The number of hydrogen-bond donors (Lipinski definition) is 3. The highest BCUT2D eigenvalue weighted by molar-refractivity contribution is 7.99. The number of rotatable bonds is 6. The number of aliphatic carboxylic acids is 1. The molecule has 1 fully saturated rings. The Balaban J connectivity index is 1.84. The van der Waals surface area contributed by atoms with Crippen molar-refractivity contribution in [3.63, 3.8) is 0 Å². The zero-order valence-corrected chi connectivity index (χ0v) is 11.8. The summed E-state index contributed by atoms with van der Waals surface area (Å²) in [6.07, 6.45) is 4.92. The van der Waals surface area contributed by atoms with Gasteiger partial charge in [0, 0.05) is 5.75 Å². The lowest BCUT2D eigenvalue weighted by atomic mass is 9.96. The first-order valence-corrected chi connectivity index (χ1v) is 7.35. The summed E-state index contributed by atoms with van der Waals surface area (Å²) in [4.78, 5) is 27.0. The van der Waals surface area contributed by atoms with Gasteiger partial charge in [-0.25, -0.2) is 15.0 Å². The molecule has 0 bridgehead atoms. The van der Waals surface area contributed by atoms with Gasteiger partial charge in [0.25, 0.3) is 0 Å².